The summed E-state index contributed by atoms with van der Waals surface area (Å²) in [6, 6.07) is 7.66. The number of nitrogens with two attached hydrogens (primary N) is 1. The minimum absolute atomic E-state index is 0.373. The summed E-state index contributed by atoms with van der Waals surface area (Å²) < 4.78 is 0. The summed E-state index contributed by atoms with van der Waals surface area (Å²) in [5, 5.41) is 3.49. The monoisotopic (exact) mass is 234 g/mol. The molecule has 0 spiro atoms. The van der Waals surface area contributed by atoms with E-state index in [1.807, 2.05) is 24.3 Å². The SMILES string of the molecule is Nc1cccc(CNc2cncc(Cl)n2)c1. The van der Waals surface area contributed by atoms with E-state index in [0.717, 1.165) is 11.3 Å². The van der Waals surface area contributed by atoms with E-state index in [9.17, 15) is 0 Å². The van der Waals surface area contributed by atoms with Gasteiger partial charge in [-0.25, -0.2) is 4.98 Å². The molecule has 0 aliphatic heterocycles. The van der Waals surface area contributed by atoms with Crippen LogP contribution in [0.4, 0.5) is 11.5 Å². The van der Waals surface area contributed by atoms with E-state index in [2.05, 4.69) is 15.3 Å². The fraction of sp³-hybridized carbons (Fsp3) is 0.0909. The van der Waals surface area contributed by atoms with Crippen LogP contribution < -0.4 is 11.1 Å². The molecule has 1 aromatic heterocycles. The van der Waals surface area contributed by atoms with Gasteiger partial charge in [0.2, 0.25) is 0 Å². The topological polar surface area (TPSA) is 63.8 Å². The smallest absolute Gasteiger partial charge is 0.149 e. The van der Waals surface area contributed by atoms with E-state index < -0.39 is 0 Å². The highest BCUT2D eigenvalue weighted by Gasteiger charge is 1.97. The Bertz CT molecular complexity index is 441. The van der Waals surface area contributed by atoms with Crippen molar-refractivity contribution < 1.29 is 0 Å². The number of hydrogen-bond donors (Lipinski definition) is 2. The number of halogens is 1. The lowest BCUT2D eigenvalue weighted by Gasteiger charge is -2.05. The van der Waals surface area contributed by atoms with E-state index in [0.29, 0.717) is 17.5 Å². The van der Waals surface area contributed by atoms with E-state index in [1.54, 1.807) is 6.20 Å². The normalized spacial score (nSPS) is 10.1. The van der Waals surface area contributed by atoms with Gasteiger partial charge >= 0.3 is 0 Å². The van der Waals surface area contributed by atoms with E-state index in [1.165, 1.54) is 6.20 Å². The molecule has 0 unspecified atom stereocenters. The quantitative estimate of drug-likeness (QED) is 0.800. The molecule has 0 saturated heterocycles. The molecule has 82 valence electrons. The van der Waals surface area contributed by atoms with Gasteiger partial charge in [0.1, 0.15) is 11.0 Å². The molecule has 0 atom stereocenters. The van der Waals surface area contributed by atoms with Gasteiger partial charge in [0.05, 0.1) is 12.4 Å². The zero-order valence-electron chi connectivity index (χ0n) is 8.52. The minimum Gasteiger partial charge on any atom is -0.399 e. The van der Waals surface area contributed by atoms with Crippen LogP contribution >= 0.6 is 11.6 Å². The van der Waals surface area contributed by atoms with Crippen LogP contribution in [0.25, 0.3) is 0 Å². The van der Waals surface area contributed by atoms with Crippen molar-refractivity contribution in [3.8, 4) is 0 Å². The van der Waals surface area contributed by atoms with Gasteiger partial charge in [0, 0.05) is 12.2 Å². The van der Waals surface area contributed by atoms with Gasteiger partial charge in [0.15, 0.2) is 0 Å². The molecule has 4 nitrogen and oxygen atoms in total. The van der Waals surface area contributed by atoms with Crippen LogP contribution in [-0.2, 0) is 6.54 Å². The van der Waals surface area contributed by atoms with Crippen LogP contribution in [0.15, 0.2) is 36.7 Å². The maximum atomic E-state index is 5.72. The molecule has 2 rings (SSSR count). The predicted molar refractivity (Wildman–Crippen MR) is 65.2 cm³/mol. The molecule has 0 radical (unpaired) electrons. The number of nitrogens with zero attached hydrogens (tertiary/aromatic N) is 2. The highest BCUT2D eigenvalue weighted by atomic mass is 35.5. The van der Waals surface area contributed by atoms with E-state index in [-0.39, 0.29) is 0 Å². The fourth-order valence-corrected chi connectivity index (χ4v) is 1.47. The second-order valence-corrected chi connectivity index (χ2v) is 3.71. The molecule has 0 fully saturated rings. The summed E-state index contributed by atoms with van der Waals surface area (Å²) in [5.41, 5.74) is 7.51. The van der Waals surface area contributed by atoms with Gasteiger partial charge in [-0.05, 0) is 17.7 Å². The second kappa shape index (κ2) is 4.81. The zero-order valence-corrected chi connectivity index (χ0v) is 9.28. The lowest BCUT2D eigenvalue weighted by molar-refractivity contribution is 1.09. The second-order valence-electron chi connectivity index (χ2n) is 3.33. The van der Waals surface area contributed by atoms with E-state index >= 15 is 0 Å². The fourth-order valence-electron chi connectivity index (χ4n) is 1.32. The average molecular weight is 235 g/mol. The molecule has 2 aromatic rings. The van der Waals surface area contributed by atoms with Gasteiger partial charge in [0.25, 0.3) is 0 Å². The molecule has 1 aromatic carbocycles. The number of aromatic nitrogens is 2. The largest absolute Gasteiger partial charge is 0.399 e. The third-order valence-electron chi connectivity index (χ3n) is 2.03. The number of rotatable bonds is 3. The first-order chi connectivity index (χ1) is 7.74. The van der Waals surface area contributed by atoms with Crippen LogP contribution in [-0.4, -0.2) is 9.97 Å². The summed E-state index contributed by atoms with van der Waals surface area (Å²) in [7, 11) is 0. The molecule has 0 aliphatic carbocycles. The van der Waals surface area contributed by atoms with Crippen LogP contribution in [0.1, 0.15) is 5.56 Å². The lowest BCUT2D eigenvalue weighted by Crippen LogP contribution is -2.02. The van der Waals surface area contributed by atoms with Crippen LogP contribution in [0, 0.1) is 0 Å². The minimum atomic E-state index is 0.373. The number of nitrogen functional groups attached to an aromatic ring is 1. The number of anilines is 2. The standard InChI is InChI=1S/C11H11ClN4/c12-10-6-14-7-11(16-10)15-5-8-2-1-3-9(13)4-8/h1-4,6-7H,5,13H2,(H,15,16). The highest BCUT2D eigenvalue weighted by molar-refractivity contribution is 6.29. The Morgan fingerprint density at radius 3 is 2.94 bits per heavy atom. The molecular formula is C11H11ClN4. The average Bonchev–Trinajstić information content (AvgIpc) is 2.27. The third kappa shape index (κ3) is 2.84. The van der Waals surface area contributed by atoms with Crippen molar-refractivity contribution >= 4 is 23.1 Å². The van der Waals surface area contributed by atoms with Crippen LogP contribution in [0.5, 0.6) is 0 Å². The summed E-state index contributed by atoms with van der Waals surface area (Å²) in [5.74, 6) is 0.648. The first-order valence-electron chi connectivity index (χ1n) is 4.80. The Labute approximate surface area is 98.5 Å². The van der Waals surface area contributed by atoms with Gasteiger partial charge in [-0.2, -0.15) is 0 Å². The summed E-state index contributed by atoms with van der Waals surface area (Å²) in [6.07, 6.45) is 3.12. The Kier molecular flexibility index (Phi) is 3.22. The van der Waals surface area contributed by atoms with Gasteiger partial charge in [-0.15, -0.1) is 0 Å². The van der Waals surface area contributed by atoms with Crippen molar-refractivity contribution in [1.29, 1.82) is 0 Å². The first kappa shape index (κ1) is 10.7. The Morgan fingerprint density at radius 1 is 1.31 bits per heavy atom. The summed E-state index contributed by atoms with van der Waals surface area (Å²) >= 11 is 5.72. The van der Waals surface area contributed by atoms with Crippen molar-refractivity contribution in [1.82, 2.24) is 9.97 Å². The Balaban J connectivity index is 2.02. The summed E-state index contributed by atoms with van der Waals surface area (Å²) in [4.78, 5) is 8.00. The Hall–Kier alpha value is -1.81. The van der Waals surface area contributed by atoms with Crippen LogP contribution in [0.2, 0.25) is 5.15 Å². The number of nitrogens with one attached hydrogen (secondary N) is 1. The molecule has 0 amide bonds. The first-order valence-corrected chi connectivity index (χ1v) is 5.18. The summed E-state index contributed by atoms with van der Waals surface area (Å²) in [6.45, 7) is 0.639. The van der Waals surface area contributed by atoms with E-state index in [4.69, 9.17) is 17.3 Å². The third-order valence-corrected chi connectivity index (χ3v) is 2.21. The molecule has 1 heterocycles. The van der Waals surface area contributed by atoms with Crippen molar-refractivity contribution in [3.05, 3.63) is 47.4 Å². The predicted octanol–water partition coefficient (Wildman–Crippen LogP) is 2.32. The molecule has 0 aliphatic rings. The van der Waals surface area contributed by atoms with Crippen molar-refractivity contribution in [2.75, 3.05) is 11.1 Å². The molecule has 0 bridgehead atoms. The molecule has 5 heteroatoms. The molecule has 0 saturated carbocycles. The maximum Gasteiger partial charge on any atom is 0.149 e. The molecule has 3 N–H and O–H groups in total. The van der Waals surface area contributed by atoms with Gasteiger partial charge in [-0.3, -0.25) is 4.98 Å². The maximum absolute atomic E-state index is 5.72. The number of hydrogen-bond acceptors (Lipinski definition) is 4. The van der Waals surface area contributed by atoms with Crippen molar-refractivity contribution in [3.63, 3.8) is 0 Å². The van der Waals surface area contributed by atoms with Crippen molar-refractivity contribution in [2.24, 2.45) is 0 Å². The highest BCUT2D eigenvalue weighted by Crippen LogP contribution is 2.10. The molecular weight excluding hydrogens is 224 g/mol. The zero-order chi connectivity index (χ0) is 11.4. The lowest BCUT2D eigenvalue weighted by atomic mass is 10.2. The van der Waals surface area contributed by atoms with Gasteiger partial charge < -0.3 is 11.1 Å². The van der Waals surface area contributed by atoms with Gasteiger partial charge in [-0.1, -0.05) is 23.7 Å². The number of benzene rings is 1. The van der Waals surface area contributed by atoms with Crippen LogP contribution in [0.3, 0.4) is 0 Å². The Morgan fingerprint density at radius 2 is 2.19 bits per heavy atom. The molecule has 16 heavy (non-hydrogen) atoms. The van der Waals surface area contributed by atoms with Crippen molar-refractivity contribution in [2.45, 2.75) is 6.54 Å².